The number of hydrogen-bond donors (Lipinski definition) is 3. The minimum Gasteiger partial charge on any atom is -0.388 e. The molecule has 1 fully saturated rings. The van der Waals surface area contributed by atoms with Gasteiger partial charge in [0, 0.05) is 24.8 Å². The molecule has 0 spiro atoms. The molecule has 0 saturated heterocycles. The Balaban J connectivity index is 1.93. The molecule has 0 radical (unpaired) electrons. The maximum Gasteiger partial charge on any atom is 0.224 e. The molecule has 2 rings (SSSR count). The van der Waals surface area contributed by atoms with Gasteiger partial charge in [-0.25, -0.2) is 4.98 Å². The van der Waals surface area contributed by atoms with Crippen LogP contribution in [0.15, 0.2) is 6.07 Å². The van der Waals surface area contributed by atoms with Crippen molar-refractivity contribution in [3.05, 3.63) is 11.8 Å². The summed E-state index contributed by atoms with van der Waals surface area (Å²) >= 11 is 0. The summed E-state index contributed by atoms with van der Waals surface area (Å²) in [6.45, 7) is 7.57. The average molecular weight is 292 g/mol. The molecule has 0 amide bonds. The number of aliphatic hydroxyl groups is 1. The van der Waals surface area contributed by atoms with Crippen LogP contribution in [-0.4, -0.2) is 33.8 Å². The van der Waals surface area contributed by atoms with Crippen molar-refractivity contribution in [2.45, 2.75) is 58.5 Å². The molecule has 5 heteroatoms. The monoisotopic (exact) mass is 292 g/mol. The van der Waals surface area contributed by atoms with E-state index in [1.807, 2.05) is 19.9 Å². The van der Waals surface area contributed by atoms with Crippen LogP contribution >= 0.6 is 0 Å². The third-order valence-electron chi connectivity index (χ3n) is 4.40. The van der Waals surface area contributed by atoms with E-state index in [1.54, 1.807) is 0 Å². The molecule has 1 aromatic heterocycles. The normalized spacial score (nSPS) is 25.6. The van der Waals surface area contributed by atoms with Gasteiger partial charge in [0.05, 0.1) is 5.60 Å². The number of anilines is 2. The molecule has 1 aliphatic carbocycles. The van der Waals surface area contributed by atoms with Crippen molar-refractivity contribution in [1.29, 1.82) is 0 Å². The Morgan fingerprint density at radius 2 is 1.95 bits per heavy atom. The van der Waals surface area contributed by atoms with Gasteiger partial charge in [-0.05, 0) is 45.4 Å². The second-order valence-electron chi connectivity index (χ2n) is 6.18. The number of aryl methyl sites for hydroxylation is 1. The van der Waals surface area contributed by atoms with Crippen molar-refractivity contribution in [2.75, 3.05) is 23.7 Å². The highest BCUT2D eigenvalue weighted by Crippen LogP contribution is 2.33. The molecule has 5 nitrogen and oxygen atoms in total. The lowest BCUT2D eigenvalue weighted by atomic mass is 9.78. The summed E-state index contributed by atoms with van der Waals surface area (Å²) in [6, 6.07) is 1.92. The Labute approximate surface area is 127 Å². The van der Waals surface area contributed by atoms with Crippen LogP contribution in [0.3, 0.4) is 0 Å². The average Bonchev–Trinajstić information content (AvgIpc) is 2.46. The van der Waals surface area contributed by atoms with Gasteiger partial charge in [0.2, 0.25) is 5.95 Å². The Morgan fingerprint density at radius 3 is 2.57 bits per heavy atom. The fourth-order valence-corrected chi connectivity index (χ4v) is 2.95. The van der Waals surface area contributed by atoms with Gasteiger partial charge in [0.1, 0.15) is 5.82 Å². The summed E-state index contributed by atoms with van der Waals surface area (Å²) in [7, 11) is 0. The molecule has 0 atom stereocenters. The van der Waals surface area contributed by atoms with E-state index >= 15 is 0 Å². The van der Waals surface area contributed by atoms with E-state index in [-0.39, 0.29) is 0 Å². The van der Waals surface area contributed by atoms with E-state index in [1.165, 1.54) is 6.42 Å². The molecule has 0 unspecified atom stereocenters. The van der Waals surface area contributed by atoms with Crippen LogP contribution < -0.4 is 10.6 Å². The second-order valence-corrected chi connectivity index (χ2v) is 6.18. The number of rotatable bonds is 6. The van der Waals surface area contributed by atoms with Gasteiger partial charge in [-0.2, -0.15) is 4.98 Å². The van der Waals surface area contributed by atoms with Crippen LogP contribution in [0.5, 0.6) is 0 Å². The Morgan fingerprint density at radius 1 is 1.24 bits per heavy atom. The van der Waals surface area contributed by atoms with Gasteiger partial charge in [0.15, 0.2) is 0 Å². The van der Waals surface area contributed by atoms with Crippen LogP contribution in [0.25, 0.3) is 0 Å². The first kappa shape index (κ1) is 16.0. The molecule has 0 aliphatic heterocycles. The first-order valence-corrected chi connectivity index (χ1v) is 8.10. The molecule has 3 N–H and O–H groups in total. The van der Waals surface area contributed by atoms with Crippen LogP contribution in [0, 0.1) is 12.8 Å². The van der Waals surface area contributed by atoms with E-state index in [2.05, 4.69) is 27.5 Å². The fraction of sp³-hybridized carbons (Fsp3) is 0.750. The zero-order valence-corrected chi connectivity index (χ0v) is 13.4. The van der Waals surface area contributed by atoms with E-state index in [4.69, 9.17) is 0 Å². The maximum atomic E-state index is 10.7. The molecule has 1 aromatic rings. The number of aromatic nitrogens is 2. The summed E-state index contributed by atoms with van der Waals surface area (Å²) in [6.07, 6.45) is 5.23. The van der Waals surface area contributed by atoms with Crippen molar-refractivity contribution < 1.29 is 5.11 Å². The van der Waals surface area contributed by atoms with Crippen LogP contribution in [-0.2, 0) is 0 Å². The van der Waals surface area contributed by atoms with Crippen molar-refractivity contribution in [3.8, 4) is 0 Å². The van der Waals surface area contributed by atoms with E-state index in [0.717, 1.165) is 49.7 Å². The molecule has 1 saturated carbocycles. The van der Waals surface area contributed by atoms with Crippen molar-refractivity contribution in [3.63, 3.8) is 0 Å². The minimum absolute atomic E-state index is 0.561. The maximum absolute atomic E-state index is 10.7. The molecule has 1 heterocycles. The first-order chi connectivity index (χ1) is 10.0. The Kier molecular flexibility index (Phi) is 5.39. The third-order valence-corrected chi connectivity index (χ3v) is 4.40. The summed E-state index contributed by atoms with van der Waals surface area (Å²) in [5, 5.41) is 17.1. The fourth-order valence-electron chi connectivity index (χ4n) is 2.95. The van der Waals surface area contributed by atoms with E-state index in [9.17, 15) is 5.11 Å². The molecule has 1 aliphatic rings. The third kappa shape index (κ3) is 4.56. The van der Waals surface area contributed by atoms with Gasteiger partial charge in [-0.15, -0.1) is 0 Å². The lowest BCUT2D eigenvalue weighted by Gasteiger charge is -2.36. The lowest BCUT2D eigenvalue weighted by molar-refractivity contribution is 0.00223. The van der Waals surface area contributed by atoms with Crippen molar-refractivity contribution >= 4 is 11.8 Å². The zero-order chi connectivity index (χ0) is 15.3. The molecule has 118 valence electrons. The van der Waals surface area contributed by atoms with Gasteiger partial charge in [-0.3, -0.25) is 0 Å². The highest BCUT2D eigenvalue weighted by Gasteiger charge is 2.32. The molecule has 0 aromatic carbocycles. The summed E-state index contributed by atoms with van der Waals surface area (Å²) in [5.74, 6) is 2.21. The van der Waals surface area contributed by atoms with Crippen molar-refractivity contribution in [1.82, 2.24) is 9.97 Å². The number of nitrogens with one attached hydrogen (secondary N) is 2. The minimum atomic E-state index is -0.594. The number of nitrogens with zero attached hydrogens (tertiary/aromatic N) is 2. The standard InChI is InChI=1S/C16H28N4O/c1-4-13-6-8-16(21,9-7-13)11-18-14-10-12(3)19-15(20-14)17-5-2/h10,13,21H,4-9,11H2,1-3H3,(H2,17,18,19,20). The Hall–Kier alpha value is -1.36. The summed E-state index contributed by atoms with van der Waals surface area (Å²) in [4.78, 5) is 8.76. The quantitative estimate of drug-likeness (QED) is 0.752. The second kappa shape index (κ2) is 7.07. The smallest absolute Gasteiger partial charge is 0.224 e. The lowest BCUT2D eigenvalue weighted by Crippen LogP contribution is -2.40. The van der Waals surface area contributed by atoms with Gasteiger partial charge < -0.3 is 15.7 Å². The predicted octanol–water partition coefficient (Wildman–Crippen LogP) is 2.96. The molecule has 0 bridgehead atoms. The molecular formula is C16H28N4O. The topological polar surface area (TPSA) is 70.1 Å². The highest BCUT2D eigenvalue weighted by molar-refractivity contribution is 5.42. The van der Waals surface area contributed by atoms with Gasteiger partial charge >= 0.3 is 0 Å². The van der Waals surface area contributed by atoms with Crippen LogP contribution in [0.2, 0.25) is 0 Å². The number of hydrogen-bond acceptors (Lipinski definition) is 5. The first-order valence-electron chi connectivity index (χ1n) is 8.10. The predicted molar refractivity (Wildman–Crippen MR) is 86.6 cm³/mol. The highest BCUT2D eigenvalue weighted by atomic mass is 16.3. The Bertz CT molecular complexity index is 456. The van der Waals surface area contributed by atoms with Gasteiger partial charge in [0.25, 0.3) is 0 Å². The molecular weight excluding hydrogens is 264 g/mol. The van der Waals surface area contributed by atoms with Crippen LogP contribution in [0.4, 0.5) is 11.8 Å². The SMILES string of the molecule is CCNc1nc(C)cc(NCC2(O)CCC(CC)CC2)n1. The van der Waals surface area contributed by atoms with E-state index in [0.29, 0.717) is 12.5 Å². The van der Waals surface area contributed by atoms with E-state index < -0.39 is 5.60 Å². The van der Waals surface area contributed by atoms with Gasteiger partial charge in [-0.1, -0.05) is 13.3 Å². The van der Waals surface area contributed by atoms with Crippen molar-refractivity contribution in [2.24, 2.45) is 5.92 Å². The zero-order valence-electron chi connectivity index (χ0n) is 13.4. The summed E-state index contributed by atoms with van der Waals surface area (Å²) < 4.78 is 0. The largest absolute Gasteiger partial charge is 0.388 e. The van der Waals surface area contributed by atoms with Crippen LogP contribution in [0.1, 0.15) is 51.6 Å². The molecule has 21 heavy (non-hydrogen) atoms. The summed E-state index contributed by atoms with van der Waals surface area (Å²) in [5.41, 5.74) is 0.327.